The van der Waals surface area contributed by atoms with Gasteiger partial charge in [-0.3, -0.25) is 14.9 Å². The number of carbonyl (C=O) groups excluding carboxylic acids is 1. The van der Waals surface area contributed by atoms with Crippen LogP contribution in [0.4, 0.5) is 5.69 Å². The Morgan fingerprint density at radius 3 is 2.29 bits per heavy atom. The van der Waals surface area contributed by atoms with Crippen molar-refractivity contribution < 1.29 is 14.5 Å². The Bertz CT molecular complexity index is 734. The molecule has 0 unspecified atom stereocenters. The van der Waals surface area contributed by atoms with Crippen molar-refractivity contribution in [1.82, 2.24) is 0 Å². The van der Waals surface area contributed by atoms with Crippen LogP contribution in [0.2, 0.25) is 15.1 Å². The standard InChI is InChI=1S/C13H6Cl3NO4/c14-9-4-11(16)13(5-10(9)15)21-12-2-1-8(17(19)20)3-7(12)6-18/h1-6H. The molecule has 0 aromatic heterocycles. The number of halogens is 3. The molecule has 5 nitrogen and oxygen atoms in total. The SMILES string of the molecule is O=Cc1cc([N+](=O)[O-])ccc1Oc1cc(Cl)c(Cl)cc1Cl. The number of hydrogen-bond donors (Lipinski definition) is 0. The van der Waals surface area contributed by atoms with E-state index in [1.807, 2.05) is 0 Å². The van der Waals surface area contributed by atoms with E-state index < -0.39 is 4.92 Å². The Morgan fingerprint density at radius 2 is 1.67 bits per heavy atom. The zero-order valence-corrected chi connectivity index (χ0v) is 12.4. The highest BCUT2D eigenvalue weighted by Crippen LogP contribution is 2.37. The molecule has 0 aliphatic carbocycles. The Morgan fingerprint density at radius 1 is 1.00 bits per heavy atom. The second-order valence-electron chi connectivity index (χ2n) is 3.90. The number of aldehydes is 1. The smallest absolute Gasteiger partial charge is 0.270 e. The molecule has 0 atom stereocenters. The van der Waals surface area contributed by atoms with Gasteiger partial charge in [0.15, 0.2) is 6.29 Å². The fourth-order valence-electron chi connectivity index (χ4n) is 1.54. The van der Waals surface area contributed by atoms with Gasteiger partial charge in [0.1, 0.15) is 11.5 Å². The second-order valence-corrected chi connectivity index (χ2v) is 5.12. The predicted molar refractivity (Wildman–Crippen MR) is 80.0 cm³/mol. The molecular weight excluding hydrogens is 341 g/mol. The maximum Gasteiger partial charge on any atom is 0.270 e. The maximum atomic E-state index is 11.0. The summed E-state index contributed by atoms with van der Waals surface area (Å²) in [4.78, 5) is 21.1. The van der Waals surface area contributed by atoms with E-state index in [9.17, 15) is 14.9 Å². The molecule has 21 heavy (non-hydrogen) atoms. The average molecular weight is 347 g/mol. The molecule has 108 valence electrons. The maximum absolute atomic E-state index is 11.0. The van der Waals surface area contributed by atoms with Gasteiger partial charge in [0, 0.05) is 18.2 Å². The molecule has 0 aliphatic rings. The van der Waals surface area contributed by atoms with Crippen LogP contribution >= 0.6 is 34.8 Å². The Kier molecular flexibility index (Phi) is 4.67. The molecule has 0 fully saturated rings. The van der Waals surface area contributed by atoms with E-state index in [0.29, 0.717) is 6.29 Å². The number of nitro benzene ring substituents is 1. The first-order chi connectivity index (χ1) is 9.92. The summed E-state index contributed by atoms with van der Waals surface area (Å²) in [7, 11) is 0. The first-order valence-electron chi connectivity index (χ1n) is 5.48. The predicted octanol–water partition coefficient (Wildman–Crippen LogP) is 5.16. The van der Waals surface area contributed by atoms with Gasteiger partial charge in [-0.05, 0) is 12.1 Å². The minimum atomic E-state index is -0.608. The molecule has 0 spiro atoms. The average Bonchev–Trinajstić information content (AvgIpc) is 2.44. The lowest BCUT2D eigenvalue weighted by atomic mass is 10.2. The van der Waals surface area contributed by atoms with Gasteiger partial charge in [0.05, 0.1) is 25.6 Å². The number of carbonyl (C=O) groups is 1. The fourth-order valence-corrected chi connectivity index (χ4v) is 2.11. The van der Waals surface area contributed by atoms with Crippen LogP contribution in [0.15, 0.2) is 30.3 Å². The molecule has 0 aliphatic heterocycles. The fraction of sp³-hybridized carbons (Fsp3) is 0. The highest BCUT2D eigenvalue weighted by atomic mass is 35.5. The molecule has 2 aromatic rings. The molecule has 0 bridgehead atoms. The summed E-state index contributed by atoms with van der Waals surface area (Å²) in [6.45, 7) is 0. The number of nitro groups is 1. The van der Waals surface area contributed by atoms with E-state index in [2.05, 4.69) is 0 Å². The molecule has 0 N–H and O–H groups in total. The van der Waals surface area contributed by atoms with Crippen molar-refractivity contribution in [3.8, 4) is 11.5 Å². The van der Waals surface area contributed by atoms with Gasteiger partial charge < -0.3 is 4.74 Å². The quantitative estimate of drug-likeness (QED) is 0.332. The van der Waals surface area contributed by atoms with E-state index in [1.165, 1.54) is 24.3 Å². The van der Waals surface area contributed by atoms with Gasteiger partial charge in [0.25, 0.3) is 5.69 Å². The van der Waals surface area contributed by atoms with Crippen LogP contribution in [0.3, 0.4) is 0 Å². The van der Waals surface area contributed by atoms with Crippen LogP contribution in [0.1, 0.15) is 10.4 Å². The molecule has 2 rings (SSSR count). The summed E-state index contributed by atoms with van der Waals surface area (Å²) in [5.74, 6) is 0.305. The molecular formula is C13H6Cl3NO4. The van der Waals surface area contributed by atoms with Crippen LogP contribution in [0.25, 0.3) is 0 Å². The number of benzene rings is 2. The highest BCUT2D eigenvalue weighted by Gasteiger charge is 2.14. The summed E-state index contributed by atoms with van der Waals surface area (Å²) < 4.78 is 5.47. The minimum absolute atomic E-state index is 0.0198. The molecule has 0 radical (unpaired) electrons. The largest absolute Gasteiger partial charge is 0.455 e. The van der Waals surface area contributed by atoms with Crippen LogP contribution in [0.5, 0.6) is 11.5 Å². The van der Waals surface area contributed by atoms with Crippen LogP contribution in [-0.2, 0) is 0 Å². The van der Waals surface area contributed by atoms with Crippen molar-refractivity contribution in [2.45, 2.75) is 0 Å². The monoisotopic (exact) mass is 345 g/mol. The highest BCUT2D eigenvalue weighted by molar-refractivity contribution is 6.43. The normalized spacial score (nSPS) is 10.2. The Labute approximate surface area is 134 Å². The summed E-state index contributed by atoms with van der Waals surface area (Å²) in [6, 6.07) is 6.41. The molecule has 0 saturated carbocycles. The number of rotatable bonds is 4. The van der Waals surface area contributed by atoms with Crippen molar-refractivity contribution in [2.75, 3.05) is 0 Å². The van der Waals surface area contributed by atoms with Gasteiger partial charge >= 0.3 is 0 Å². The van der Waals surface area contributed by atoms with E-state index in [0.717, 1.165) is 6.07 Å². The summed E-state index contributed by atoms with van der Waals surface area (Å²) in [5, 5.41) is 11.3. The zero-order chi connectivity index (χ0) is 15.6. The third-order valence-electron chi connectivity index (χ3n) is 2.53. The molecule has 0 heterocycles. The molecule has 8 heteroatoms. The van der Waals surface area contributed by atoms with Crippen LogP contribution in [-0.4, -0.2) is 11.2 Å². The molecule has 0 saturated heterocycles. The van der Waals surface area contributed by atoms with Crippen molar-refractivity contribution in [2.24, 2.45) is 0 Å². The Balaban J connectivity index is 2.42. The molecule has 0 amide bonds. The third kappa shape index (κ3) is 3.44. The first-order valence-corrected chi connectivity index (χ1v) is 6.61. The summed E-state index contributed by atoms with van der Waals surface area (Å²) in [5.41, 5.74) is -0.198. The first kappa shape index (κ1) is 15.6. The number of nitrogens with zero attached hydrogens (tertiary/aromatic N) is 1. The second kappa shape index (κ2) is 6.30. The van der Waals surface area contributed by atoms with Crippen LogP contribution in [0, 0.1) is 10.1 Å². The van der Waals surface area contributed by atoms with E-state index in [1.54, 1.807) is 0 Å². The van der Waals surface area contributed by atoms with Gasteiger partial charge in [-0.2, -0.15) is 0 Å². The van der Waals surface area contributed by atoms with Crippen molar-refractivity contribution in [3.05, 3.63) is 61.1 Å². The van der Waals surface area contributed by atoms with Crippen molar-refractivity contribution >= 4 is 46.8 Å². The number of ether oxygens (including phenoxy) is 1. The minimum Gasteiger partial charge on any atom is -0.455 e. The lowest BCUT2D eigenvalue weighted by molar-refractivity contribution is -0.384. The zero-order valence-electron chi connectivity index (χ0n) is 10.2. The van der Waals surface area contributed by atoms with Crippen molar-refractivity contribution in [3.63, 3.8) is 0 Å². The lowest BCUT2D eigenvalue weighted by Crippen LogP contribution is -1.94. The van der Waals surface area contributed by atoms with Crippen molar-refractivity contribution in [1.29, 1.82) is 0 Å². The van der Waals surface area contributed by atoms with E-state index in [-0.39, 0.29) is 37.8 Å². The topological polar surface area (TPSA) is 69.4 Å². The van der Waals surface area contributed by atoms with Gasteiger partial charge in [-0.1, -0.05) is 34.8 Å². The van der Waals surface area contributed by atoms with Gasteiger partial charge in [0.2, 0.25) is 0 Å². The summed E-state index contributed by atoms with van der Waals surface area (Å²) in [6.07, 6.45) is 0.452. The lowest BCUT2D eigenvalue weighted by Gasteiger charge is -2.10. The number of non-ortho nitro benzene ring substituents is 1. The summed E-state index contributed by atoms with van der Waals surface area (Å²) >= 11 is 17.6. The van der Waals surface area contributed by atoms with Gasteiger partial charge in [-0.15, -0.1) is 0 Å². The van der Waals surface area contributed by atoms with E-state index >= 15 is 0 Å². The molecule has 2 aromatic carbocycles. The van der Waals surface area contributed by atoms with Crippen LogP contribution < -0.4 is 4.74 Å². The van der Waals surface area contributed by atoms with E-state index in [4.69, 9.17) is 39.5 Å². The van der Waals surface area contributed by atoms with Gasteiger partial charge in [-0.25, -0.2) is 0 Å². The Hall–Kier alpha value is -1.82. The third-order valence-corrected chi connectivity index (χ3v) is 3.54. The number of hydrogen-bond acceptors (Lipinski definition) is 4.